The van der Waals surface area contributed by atoms with E-state index < -0.39 is 24.0 Å². The fraction of sp³-hybridized carbons (Fsp3) is 0.778. The maximum absolute atomic E-state index is 11.0. The van der Waals surface area contributed by atoms with Gasteiger partial charge in [0.25, 0.3) is 0 Å². The molecular formula is C9H18N2O4S2. The molecule has 0 bridgehead atoms. The third-order valence-corrected chi connectivity index (χ3v) is 4.40. The summed E-state index contributed by atoms with van der Waals surface area (Å²) in [4.78, 5) is 21.4. The summed E-state index contributed by atoms with van der Waals surface area (Å²) in [7, 11) is 4.37. The Morgan fingerprint density at radius 2 is 1.65 bits per heavy atom. The third-order valence-electron chi connectivity index (χ3n) is 1.93. The molecule has 0 radical (unpaired) electrons. The predicted molar refractivity (Wildman–Crippen MR) is 69.8 cm³/mol. The summed E-state index contributed by atoms with van der Waals surface area (Å²) in [6.07, 6.45) is 0.964. The van der Waals surface area contributed by atoms with Crippen molar-refractivity contribution in [1.82, 2.24) is 0 Å². The smallest absolute Gasteiger partial charge is 0.322 e. The second-order valence-electron chi connectivity index (χ2n) is 3.30. The van der Waals surface area contributed by atoms with E-state index in [0.717, 1.165) is 0 Å². The van der Waals surface area contributed by atoms with Crippen molar-refractivity contribution in [1.29, 1.82) is 0 Å². The molecule has 0 saturated carbocycles. The van der Waals surface area contributed by atoms with Crippen LogP contribution in [0.2, 0.25) is 0 Å². The van der Waals surface area contributed by atoms with Gasteiger partial charge in [0.15, 0.2) is 0 Å². The molecule has 8 heteroatoms. The fourth-order valence-electron chi connectivity index (χ4n) is 0.861. The van der Waals surface area contributed by atoms with Gasteiger partial charge in [0.2, 0.25) is 0 Å². The van der Waals surface area contributed by atoms with Crippen LogP contribution in [0, 0.1) is 0 Å². The topological polar surface area (TPSA) is 116 Å². The SMILES string of the molecule is COC(=O)[C@@H](N)CCSSCCC(N)C(=O)O. The van der Waals surface area contributed by atoms with Crippen LogP contribution in [0.1, 0.15) is 12.8 Å². The minimum Gasteiger partial charge on any atom is -0.480 e. The first-order valence-corrected chi connectivity index (χ1v) is 7.54. The molecule has 6 nitrogen and oxygen atoms in total. The van der Waals surface area contributed by atoms with Crippen molar-refractivity contribution in [3.05, 3.63) is 0 Å². The fourth-order valence-corrected chi connectivity index (χ4v) is 3.08. The van der Waals surface area contributed by atoms with E-state index in [4.69, 9.17) is 16.6 Å². The number of ether oxygens (including phenoxy) is 1. The molecule has 0 aliphatic heterocycles. The maximum atomic E-state index is 11.0. The molecule has 0 rings (SSSR count). The molecule has 0 fully saturated rings. The molecule has 0 aromatic rings. The molecule has 0 aromatic carbocycles. The van der Waals surface area contributed by atoms with Crippen molar-refractivity contribution in [2.45, 2.75) is 24.9 Å². The Labute approximate surface area is 108 Å². The molecular weight excluding hydrogens is 264 g/mol. The number of rotatable bonds is 9. The molecule has 17 heavy (non-hydrogen) atoms. The van der Waals surface area contributed by atoms with Gasteiger partial charge in [0, 0.05) is 11.5 Å². The number of nitrogens with two attached hydrogens (primary N) is 2. The van der Waals surface area contributed by atoms with Crippen LogP contribution in [-0.2, 0) is 14.3 Å². The minimum absolute atomic E-state index is 0.413. The molecule has 0 aromatic heterocycles. The van der Waals surface area contributed by atoms with Crippen LogP contribution in [0.3, 0.4) is 0 Å². The number of carbonyl (C=O) groups excluding carboxylic acids is 1. The van der Waals surface area contributed by atoms with E-state index in [-0.39, 0.29) is 0 Å². The van der Waals surface area contributed by atoms with Crippen LogP contribution in [0.5, 0.6) is 0 Å². The number of hydrogen-bond acceptors (Lipinski definition) is 7. The Morgan fingerprint density at radius 1 is 1.18 bits per heavy atom. The van der Waals surface area contributed by atoms with E-state index in [2.05, 4.69) is 4.74 Å². The van der Waals surface area contributed by atoms with Gasteiger partial charge in [-0.25, -0.2) is 0 Å². The highest BCUT2D eigenvalue weighted by Crippen LogP contribution is 2.23. The standard InChI is InChI=1S/C9H18N2O4S2/c1-15-9(14)7(11)3-5-17-16-4-2-6(10)8(12)13/h6-7H,2-5,10-11H2,1H3,(H,12,13)/t6?,7-/m0/s1. The first kappa shape index (κ1) is 16.6. The largest absolute Gasteiger partial charge is 0.480 e. The first-order valence-electron chi connectivity index (χ1n) is 5.05. The molecule has 100 valence electrons. The summed E-state index contributed by atoms with van der Waals surface area (Å²) in [6, 6.07) is -1.39. The molecule has 0 aliphatic carbocycles. The van der Waals surface area contributed by atoms with Crippen molar-refractivity contribution >= 4 is 33.5 Å². The summed E-state index contributed by atoms with van der Waals surface area (Å²) in [5.41, 5.74) is 10.9. The lowest BCUT2D eigenvalue weighted by Gasteiger charge is -2.08. The van der Waals surface area contributed by atoms with Crippen LogP contribution in [0.15, 0.2) is 0 Å². The third kappa shape index (κ3) is 8.31. The van der Waals surface area contributed by atoms with Crippen molar-refractivity contribution in [3.8, 4) is 0 Å². The van der Waals surface area contributed by atoms with Gasteiger partial charge in [0.05, 0.1) is 7.11 Å². The number of carbonyl (C=O) groups is 2. The average Bonchev–Trinajstić information content (AvgIpc) is 2.31. The molecule has 1 unspecified atom stereocenters. The highest BCUT2D eigenvalue weighted by molar-refractivity contribution is 8.76. The monoisotopic (exact) mass is 282 g/mol. The van der Waals surface area contributed by atoms with Gasteiger partial charge in [0.1, 0.15) is 12.1 Å². The van der Waals surface area contributed by atoms with Gasteiger partial charge in [-0.1, -0.05) is 21.6 Å². The van der Waals surface area contributed by atoms with E-state index in [1.165, 1.54) is 17.9 Å². The lowest BCUT2D eigenvalue weighted by molar-refractivity contribution is -0.142. The van der Waals surface area contributed by atoms with Gasteiger partial charge in [-0.05, 0) is 12.8 Å². The molecule has 0 spiro atoms. The van der Waals surface area contributed by atoms with E-state index in [1.54, 1.807) is 10.8 Å². The second-order valence-corrected chi connectivity index (χ2v) is 6.00. The maximum Gasteiger partial charge on any atom is 0.322 e. The van der Waals surface area contributed by atoms with Gasteiger partial charge in [-0.15, -0.1) is 0 Å². The van der Waals surface area contributed by atoms with Gasteiger partial charge in [-0.2, -0.15) is 0 Å². The summed E-state index contributed by atoms with van der Waals surface area (Å²) in [6.45, 7) is 0. The summed E-state index contributed by atoms with van der Waals surface area (Å²) >= 11 is 0. The van der Waals surface area contributed by atoms with Crippen LogP contribution in [-0.4, -0.2) is 47.7 Å². The summed E-state index contributed by atoms with van der Waals surface area (Å²) < 4.78 is 4.49. The Hall–Kier alpha value is -0.440. The van der Waals surface area contributed by atoms with Gasteiger partial charge in [-0.3, -0.25) is 9.59 Å². The molecule has 0 saturated heterocycles. The lowest BCUT2D eigenvalue weighted by Crippen LogP contribution is -2.32. The molecule has 0 aliphatic rings. The van der Waals surface area contributed by atoms with E-state index in [1.807, 2.05) is 0 Å². The molecule has 5 N–H and O–H groups in total. The van der Waals surface area contributed by atoms with E-state index in [0.29, 0.717) is 24.3 Å². The number of esters is 1. The van der Waals surface area contributed by atoms with Crippen molar-refractivity contribution < 1.29 is 19.4 Å². The van der Waals surface area contributed by atoms with Crippen molar-refractivity contribution in [2.75, 3.05) is 18.6 Å². The first-order chi connectivity index (χ1) is 7.99. The Kier molecular flexibility index (Phi) is 9.33. The van der Waals surface area contributed by atoms with Crippen molar-refractivity contribution in [3.63, 3.8) is 0 Å². The zero-order valence-electron chi connectivity index (χ0n) is 9.63. The van der Waals surface area contributed by atoms with Crippen molar-refractivity contribution in [2.24, 2.45) is 11.5 Å². The molecule has 0 heterocycles. The zero-order chi connectivity index (χ0) is 13.3. The van der Waals surface area contributed by atoms with Crippen LogP contribution < -0.4 is 11.5 Å². The molecule has 0 amide bonds. The van der Waals surface area contributed by atoms with E-state index >= 15 is 0 Å². The normalized spacial score (nSPS) is 14.1. The highest BCUT2D eigenvalue weighted by atomic mass is 33.1. The number of aliphatic carboxylic acids is 1. The number of hydrogen-bond donors (Lipinski definition) is 3. The molecule has 2 atom stereocenters. The van der Waals surface area contributed by atoms with Gasteiger partial charge >= 0.3 is 11.9 Å². The number of carboxylic acids is 1. The zero-order valence-corrected chi connectivity index (χ0v) is 11.3. The average molecular weight is 282 g/mol. The quantitative estimate of drug-likeness (QED) is 0.309. The summed E-state index contributed by atoms with van der Waals surface area (Å²) in [5.74, 6) is -0.0266. The number of carboxylic acid groups (broad SMARTS) is 1. The lowest BCUT2D eigenvalue weighted by atomic mass is 10.2. The predicted octanol–water partition coefficient (Wildman–Crippen LogP) is 0.0602. The second kappa shape index (κ2) is 9.58. The van der Waals surface area contributed by atoms with Gasteiger partial charge < -0.3 is 21.3 Å². The highest BCUT2D eigenvalue weighted by Gasteiger charge is 2.13. The Balaban J connectivity index is 3.41. The minimum atomic E-state index is -0.983. The van der Waals surface area contributed by atoms with Crippen LogP contribution >= 0.6 is 21.6 Å². The summed E-state index contributed by atoms with van der Waals surface area (Å²) in [5, 5.41) is 8.54. The Bertz CT molecular complexity index is 253. The number of methoxy groups -OCH3 is 1. The van der Waals surface area contributed by atoms with Crippen LogP contribution in [0.4, 0.5) is 0 Å². The Morgan fingerprint density at radius 3 is 2.06 bits per heavy atom. The van der Waals surface area contributed by atoms with E-state index in [9.17, 15) is 9.59 Å². The van der Waals surface area contributed by atoms with Crippen LogP contribution in [0.25, 0.3) is 0 Å².